The normalized spacial score (nSPS) is 16.7. The van der Waals surface area contributed by atoms with E-state index in [-0.39, 0.29) is 5.43 Å². The first-order valence-electron chi connectivity index (χ1n) is 6.88. The fourth-order valence-corrected chi connectivity index (χ4v) is 2.96. The van der Waals surface area contributed by atoms with Crippen molar-refractivity contribution in [3.63, 3.8) is 0 Å². The molecule has 0 bridgehead atoms. The maximum absolute atomic E-state index is 12.7. The summed E-state index contributed by atoms with van der Waals surface area (Å²) in [6, 6.07) is 5.45. The van der Waals surface area contributed by atoms with E-state index >= 15 is 0 Å². The number of morpholine rings is 1. The van der Waals surface area contributed by atoms with Crippen LogP contribution in [-0.2, 0) is 11.3 Å². The van der Waals surface area contributed by atoms with Crippen LogP contribution in [0, 0.1) is 6.92 Å². The standard InChI is InChI=1S/C15H17ClN2O2/c1-10-12(9-18-5-7-20-8-6-18)15(19)11-3-2-4-13(16)14(11)17-10/h2-4H,5-9H2,1H3,(H,17,19)/p+1. The van der Waals surface area contributed by atoms with Gasteiger partial charge in [0.05, 0.1) is 29.3 Å². The molecule has 106 valence electrons. The molecule has 0 atom stereocenters. The van der Waals surface area contributed by atoms with E-state index in [1.54, 1.807) is 6.07 Å². The molecule has 0 spiro atoms. The number of hydrogen-bond acceptors (Lipinski definition) is 2. The van der Waals surface area contributed by atoms with E-state index in [1.165, 1.54) is 4.90 Å². The summed E-state index contributed by atoms with van der Waals surface area (Å²) in [5.74, 6) is 0. The van der Waals surface area contributed by atoms with E-state index in [9.17, 15) is 4.79 Å². The lowest BCUT2D eigenvalue weighted by atomic mass is 10.1. The monoisotopic (exact) mass is 293 g/mol. The van der Waals surface area contributed by atoms with Crippen LogP contribution in [0.3, 0.4) is 0 Å². The molecular weight excluding hydrogens is 276 g/mol. The van der Waals surface area contributed by atoms with Crippen LogP contribution < -0.4 is 10.3 Å². The lowest BCUT2D eigenvalue weighted by Crippen LogP contribution is -3.13. The summed E-state index contributed by atoms with van der Waals surface area (Å²) in [4.78, 5) is 17.3. The van der Waals surface area contributed by atoms with Crippen molar-refractivity contribution in [3.05, 3.63) is 44.7 Å². The van der Waals surface area contributed by atoms with Crippen molar-refractivity contribution >= 4 is 22.5 Å². The highest BCUT2D eigenvalue weighted by Crippen LogP contribution is 2.20. The molecule has 1 aromatic carbocycles. The van der Waals surface area contributed by atoms with E-state index in [4.69, 9.17) is 16.3 Å². The summed E-state index contributed by atoms with van der Waals surface area (Å²) in [5, 5.41) is 1.26. The van der Waals surface area contributed by atoms with Crippen molar-refractivity contribution in [3.8, 4) is 0 Å². The van der Waals surface area contributed by atoms with E-state index < -0.39 is 0 Å². The zero-order valence-electron chi connectivity index (χ0n) is 11.5. The maximum atomic E-state index is 12.7. The first-order chi connectivity index (χ1) is 9.66. The average Bonchev–Trinajstić information content (AvgIpc) is 2.46. The molecule has 1 aliphatic heterocycles. The third-order valence-corrected chi connectivity index (χ3v) is 4.24. The van der Waals surface area contributed by atoms with E-state index in [0.29, 0.717) is 10.4 Å². The van der Waals surface area contributed by atoms with Crippen LogP contribution in [0.25, 0.3) is 10.9 Å². The van der Waals surface area contributed by atoms with E-state index in [1.807, 2.05) is 19.1 Å². The number of quaternary nitrogens is 1. The Kier molecular flexibility index (Phi) is 3.78. The van der Waals surface area contributed by atoms with Gasteiger partial charge >= 0.3 is 0 Å². The molecule has 1 aliphatic rings. The number of fused-ring (bicyclic) bond motifs is 1. The van der Waals surface area contributed by atoms with Gasteiger partial charge in [-0.15, -0.1) is 0 Å². The summed E-state index contributed by atoms with van der Waals surface area (Å²) in [5.41, 5.74) is 2.60. The molecule has 1 fully saturated rings. The van der Waals surface area contributed by atoms with Crippen molar-refractivity contribution in [2.75, 3.05) is 26.3 Å². The minimum Gasteiger partial charge on any atom is -0.370 e. The molecule has 2 N–H and O–H groups in total. The highest BCUT2D eigenvalue weighted by molar-refractivity contribution is 6.35. The zero-order chi connectivity index (χ0) is 14.1. The van der Waals surface area contributed by atoms with Gasteiger partial charge in [0.25, 0.3) is 0 Å². The number of ether oxygens (including phenoxy) is 1. The van der Waals surface area contributed by atoms with Gasteiger partial charge in [0.1, 0.15) is 19.6 Å². The highest BCUT2D eigenvalue weighted by Gasteiger charge is 2.19. The molecule has 0 saturated carbocycles. The van der Waals surface area contributed by atoms with Crippen molar-refractivity contribution in [1.29, 1.82) is 0 Å². The Morgan fingerprint density at radius 1 is 1.35 bits per heavy atom. The summed E-state index contributed by atoms with van der Waals surface area (Å²) in [6.07, 6.45) is 0. The molecule has 20 heavy (non-hydrogen) atoms. The fraction of sp³-hybridized carbons (Fsp3) is 0.400. The molecular formula is C15H18ClN2O2+. The van der Waals surface area contributed by atoms with Crippen LogP contribution in [-0.4, -0.2) is 31.3 Å². The number of pyridine rings is 1. The molecule has 5 heteroatoms. The number of hydrogen-bond donors (Lipinski definition) is 2. The number of aryl methyl sites for hydroxylation is 1. The quantitative estimate of drug-likeness (QED) is 0.864. The summed E-state index contributed by atoms with van der Waals surface area (Å²) in [7, 11) is 0. The van der Waals surface area contributed by atoms with Gasteiger partial charge < -0.3 is 14.6 Å². The number of H-pyrrole nitrogens is 1. The number of aromatic nitrogens is 1. The minimum atomic E-state index is 0.0951. The predicted octanol–water partition coefficient (Wildman–Crippen LogP) is 0.905. The van der Waals surface area contributed by atoms with E-state index in [2.05, 4.69) is 4.98 Å². The van der Waals surface area contributed by atoms with Crippen LogP contribution >= 0.6 is 11.6 Å². The van der Waals surface area contributed by atoms with Gasteiger partial charge in [0, 0.05) is 11.1 Å². The maximum Gasteiger partial charge on any atom is 0.198 e. The first kappa shape index (κ1) is 13.6. The molecule has 0 amide bonds. The van der Waals surface area contributed by atoms with Crippen LogP contribution in [0.5, 0.6) is 0 Å². The van der Waals surface area contributed by atoms with Crippen LogP contribution in [0.1, 0.15) is 11.3 Å². The van der Waals surface area contributed by atoms with Gasteiger partial charge in [-0.25, -0.2) is 0 Å². The second-order valence-electron chi connectivity index (χ2n) is 5.26. The Morgan fingerprint density at radius 3 is 2.85 bits per heavy atom. The number of halogens is 1. The molecule has 3 rings (SSSR count). The number of benzene rings is 1. The smallest absolute Gasteiger partial charge is 0.198 e. The van der Waals surface area contributed by atoms with Crippen molar-refractivity contribution in [2.24, 2.45) is 0 Å². The summed E-state index contributed by atoms with van der Waals surface area (Å²) < 4.78 is 5.36. The predicted molar refractivity (Wildman–Crippen MR) is 79.5 cm³/mol. The SMILES string of the molecule is Cc1[nH]c2c(Cl)cccc2c(=O)c1C[NH+]1CCOCC1. The molecule has 0 aliphatic carbocycles. The average molecular weight is 294 g/mol. The third kappa shape index (κ3) is 2.46. The van der Waals surface area contributed by atoms with Gasteiger partial charge in [-0.3, -0.25) is 4.79 Å². The van der Waals surface area contributed by atoms with Gasteiger partial charge in [-0.05, 0) is 19.1 Å². The second-order valence-corrected chi connectivity index (χ2v) is 5.67. The van der Waals surface area contributed by atoms with Crippen LogP contribution in [0.4, 0.5) is 0 Å². The minimum absolute atomic E-state index is 0.0951. The first-order valence-corrected chi connectivity index (χ1v) is 7.26. The molecule has 4 nitrogen and oxygen atoms in total. The van der Waals surface area contributed by atoms with Crippen LogP contribution in [0.2, 0.25) is 5.02 Å². The largest absolute Gasteiger partial charge is 0.370 e. The van der Waals surface area contributed by atoms with Gasteiger partial charge in [-0.1, -0.05) is 17.7 Å². The van der Waals surface area contributed by atoms with E-state index in [0.717, 1.165) is 49.6 Å². The summed E-state index contributed by atoms with van der Waals surface area (Å²) >= 11 is 6.15. The second kappa shape index (κ2) is 5.56. The fourth-order valence-electron chi connectivity index (χ4n) is 2.74. The van der Waals surface area contributed by atoms with Crippen molar-refractivity contribution < 1.29 is 9.64 Å². The Morgan fingerprint density at radius 2 is 2.10 bits per heavy atom. The summed E-state index contributed by atoms with van der Waals surface area (Å²) in [6.45, 7) is 6.13. The zero-order valence-corrected chi connectivity index (χ0v) is 12.2. The lowest BCUT2D eigenvalue weighted by Gasteiger charge is -2.24. The molecule has 1 aromatic heterocycles. The van der Waals surface area contributed by atoms with Gasteiger partial charge in [0.2, 0.25) is 0 Å². The Hall–Kier alpha value is -1.36. The topological polar surface area (TPSA) is 46.5 Å². The molecule has 1 saturated heterocycles. The third-order valence-electron chi connectivity index (χ3n) is 3.92. The van der Waals surface area contributed by atoms with Gasteiger partial charge in [-0.2, -0.15) is 0 Å². The number of nitrogens with one attached hydrogen (secondary N) is 2. The molecule has 0 unspecified atom stereocenters. The number of para-hydroxylation sites is 1. The Balaban J connectivity index is 2.04. The molecule has 2 heterocycles. The Labute approximate surface area is 122 Å². The van der Waals surface area contributed by atoms with Crippen molar-refractivity contribution in [2.45, 2.75) is 13.5 Å². The number of rotatable bonds is 2. The highest BCUT2D eigenvalue weighted by atomic mass is 35.5. The van der Waals surface area contributed by atoms with Crippen molar-refractivity contribution in [1.82, 2.24) is 4.98 Å². The molecule has 0 radical (unpaired) electrons. The van der Waals surface area contributed by atoms with Gasteiger partial charge in [0.15, 0.2) is 5.43 Å². The van der Waals surface area contributed by atoms with Crippen LogP contribution in [0.15, 0.2) is 23.0 Å². The lowest BCUT2D eigenvalue weighted by molar-refractivity contribution is -0.921. The Bertz CT molecular complexity index is 690. The molecule has 2 aromatic rings. The number of aromatic amines is 1.